The second-order valence-electron chi connectivity index (χ2n) is 5.69. The van der Waals surface area contributed by atoms with Gasteiger partial charge >= 0.3 is 0 Å². The van der Waals surface area contributed by atoms with Gasteiger partial charge in [0.1, 0.15) is 0 Å². The molecule has 1 aliphatic carbocycles. The van der Waals surface area contributed by atoms with Crippen LogP contribution in [0.2, 0.25) is 0 Å². The predicted molar refractivity (Wildman–Crippen MR) is 65.0 cm³/mol. The van der Waals surface area contributed by atoms with Crippen LogP contribution in [0.3, 0.4) is 0 Å². The van der Waals surface area contributed by atoms with Crippen molar-refractivity contribution in [3.05, 3.63) is 0 Å². The Morgan fingerprint density at radius 1 is 1.13 bits per heavy atom. The first-order chi connectivity index (χ1) is 7.25. The van der Waals surface area contributed by atoms with Gasteiger partial charge in [0, 0.05) is 19.6 Å². The highest BCUT2D eigenvalue weighted by Gasteiger charge is 2.23. The van der Waals surface area contributed by atoms with Gasteiger partial charge < -0.3 is 10.2 Å². The molecule has 2 atom stereocenters. The number of piperidine rings is 1. The second kappa shape index (κ2) is 5.31. The van der Waals surface area contributed by atoms with E-state index in [1.807, 2.05) is 0 Å². The summed E-state index contributed by atoms with van der Waals surface area (Å²) in [6, 6.07) is 0. The molecule has 2 unspecified atom stereocenters. The lowest BCUT2D eigenvalue weighted by Crippen LogP contribution is -2.41. The minimum absolute atomic E-state index is 0.891. The SMILES string of the molecule is CC1CCN(CCNCC2CC2)CC1C. The van der Waals surface area contributed by atoms with E-state index in [0.29, 0.717) is 0 Å². The molecule has 0 aromatic heterocycles. The topological polar surface area (TPSA) is 15.3 Å². The molecule has 0 bridgehead atoms. The highest BCUT2D eigenvalue weighted by Crippen LogP contribution is 2.27. The zero-order valence-corrected chi connectivity index (χ0v) is 10.3. The average molecular weight is 210 g/mol. The van der Waals surface area contributed by atoms with Crippen LogP contribution in [0, 0.1) is 17.8 Å². The number of hydrogen-bond acceptors (Lipinski definition) is 2. The Balaban J connectivity index is 1.54. The maximum absolute atomic E-state index is 3.58. The van der Waals surface area contributed by atoms with Gasteiger partial charge in [-0.3, -0.25) is 0 Å². The van der Waals surface area contributed by atoms with Crippen molar-refractivity contribution in [3.63, 3.8) is 0 Å². The Morgan fingerprint density at radius 3 is 2.60 bits per heavy atom. The number of nitrogens with one attached hydrogen (secondary N) is 1. The standard InChI is InChI=1S/C13H26N2/c1-11-5-7-15(10-12(11)2)8-6-14-9-13-3-4-13/h11-14H,3-10H2,1-2H3. The largest absolute Gasteiger partial charge is 0.315 e. The lowest BCUT2D eigenvalue weighted by Gasteiger charge is -2.35. The lowest BCUT2D eigenvalue weighted by molar-refractivity contribution is 0.139. The predicted octanol–water partition coefficient (Wildman–Crippen LogP) is 1.96. The van der Waals surface area contributed by atoms with E-state index in [-0.39, 0.29) is 0 Å². The molecule has 0 amide bonds. The van der Waals surface area contributed by atoms with E-state index < -0.39 is 0 Å². The molecule has 1 saturated carbocycles. The molecule has 1 heterocycles. The van der Waals surface area contributed by atoms with Crippen LogP contribution in [0.5, 0.6) is 0 Å². The summed E-state index contributed by atoms with van der Waals surface area (Å²) in [6.07, 6.45) is 4.32. The third-order valence-corrected chi connectivity index (χ3v) is 4.15. The molecule has 15 heavy (non-hydrogen) atoms. The molecule has 2 heteroatoms. The fraction of sp³-hybridized carbons (Fsp3) is 1.00. The Morgan fingerprint density at radius 2 is 1.93 bits per heavy atom. The van der Waals surface area contributed by atoms with Gasteiger partial charge in [0.15, 0.2) is 0 Å². The average Bonchev–Trinajstić information content (AvgIpc) is 3.02. The van der Waals surface area contributed by atoms with Gasteiger partial charge in [-0.05, 0) is 50.1 Å². The van der Waals surface area contributed by atoms with Crippen molar-refractivity contribution in [2.45, 2.75) is 33.1 Å². The normalized spacial score (nSPS) is 33.2. The van der Waals surface area contributed by atoms with Crippen molar-refractivity contribution >= 4 is 0 Å². The summed E-state index contributed by atoms with van der Waals surface area (Å²) in [7, 11) is 0. The highest BCUT2D eigenvalue weighted by atomic mass is 15.1. The molecule has 2 aliphatic rings. The Hall–Kier alpha value is -0.0800. The van der Waals surface area contributed by atoms with E-state index >= 15 is 0 Å². The van der Waals surface area contributed by atoms with Crippen LogP contribution in [-0.4, -0.2) is 37.6 Å². The Kier molecular flexibility index (Phi) is 4.04. The van der Waals surface area contributed by atoms with Crippen molar-refractivity contribution in [2.24, 2.45) is 17.8 Å². The number of hydrogen-bond donors (Lipinski definition) is 1. The molecule has 1 aliphatic heterocycles. The molecule has 0 aromatic rings. The van der Waals surface area contributed by atoms with Gasteiger partial charge in [0.2, 0.25) is 0 Å². The van der Waals surface area contributed by atoms with Crippen molar-refractivity contribution in [2.75, 3.05) is 32.7 Å². The number of likely N-dealkylation sites (tertiary alicyclic amines) is 1. The summed E-state index contributed by atoms with van der Waals surface area (Å²) >= 11 is 0. The van der Waals surface area contributed by atoms with Gasteiger partial charge in [0.05, 0.1) is 0 Å². The van der Waals surface area contributed by atoms with Gasteiger partial charge in [-0.2, -0.15) is 0 Å². The first-order valence-electron chi connectivity index (χ1n) is 6.69. The van der Waals surface area contributed by atoms with E-state index in [1.165, 1.54) is 52.0 Å². The van der Waals surface area contributed by atoms with E-state index in [4.69, 9.17) is 0 Å². The Labute approximate surface area is 94.4 Å². The summed E-state index contributed by atoms with van der Waals surface area (Å²) in [5.74, 6) is 2.84. The van der Waals surface area contributed by atoms with Crippen molar-refractivity contribution in [1.29, 1.82) is 0 Å². The highest BCUT2D eigenvalue weighted by molar-refractivity contribution is 4.77. The minimum Gasteiger partial charge on any atom is -0.315 e. The molecular formula is C13H26N2. The number of rotatable bonds is 5. The van der Waals surface area contributed by atoms with Crippen LogP contribution in [-0.2, 0) is 0 Å². The molecule has 0 spiro atoms. The zero-order valence-electron chi connectivity index (χ0n) is 10.3. The summed E-state index contributed by atoms with van der Waals surface area (Å²) in [6.45, 7) is 11.1. The van der Waals surface area contributed by atoms with Gasteiger partial charge in [-0.15, -0.1) is 0 Å². The third-order valence-electron chi connectivity index (χ3n) is 4.15. The van der Waals surface area contributed by atoms with Crippen LogP contribution in [0.25, 0.3) is 0 Å². The maximum Gasteiger partial charge on any atom is 0.0107 e. The van der Waals surface area contributed by atoms with Crippen LogP contribution in [0.1, 0.15) is 33.1 Å². The monoisotopic (exact) mass is 210 g/mol. The van der Waals surface area contributed by atoms with Crippen LogP contribution in [0.4, 0.5) is 0 Å². The first kappa shape index (κ1) is 11.4. The Bertz CT molecular complexity index is 189. The van der Waals surface area contributed by atoms with Gasteiger partial charge in [-0.25, -0.2) is 0 Å². The summed E-state index contributed by atoms with van der Waals surface area (Å²) < 4.78 is 0. The fourth-order valence-electron chi connectivity index (χ4n) is 2.42. The van der Waals surface area contributed by atoms with E-state index in [2.05, 4.69) is 24.1 Å². The van der Waals surface area contributed by atoms with Crippen LogP contribution < -0.4 is 5.32 Å². The fourth-order valence-corrected chi connectivity index (χ4v) is 2.42. The van der Waals surface area contributed by atoms with Crippen LogP contribution in [0.15, 0.2) is 0 Å². The van der Waals surface area contributed by atoms with E-state index in [1.54, 1.807) is 0 Å². The molecule has 2 rings (SSSR count). The quantitative estimate of drug-likeness (QED) is 0.698. The molecule has 1 N–H and O–H groups in total. The molecule has 1 saturated heterocycles. The molecule has 0 aromatic carbocycles. The number of nitrogens with zero attached hydrogens (tertiary/aromatic N) is 1. The molecule has 2 fully saturated rings. The van der Waals surface area contributed by atoms with Crippen molar-refractivity contribution in [3.8, 4) is 0 Å². The second-order valence-corrected chi connectivity index (χ2v) is 5.69. The molecule has 88 valence electrons. The van der Waals surface area contributed by atoms with E-state index in [0.717, 1.165) is 17.8 Å². The summed E-state index contributed by atoms with van der Waals surface area (Å²) in [5, 5.41) is 3.58. The lowest BCUT2D eigenvalue weighted by atomic mass is 9.89. The zero-order chi connectivity index (χ0) is 10.7. The van der Waals surface area contributed by atoms with Crippen molar-refractivity contribution in [1.82, 2.24) is 10.2 Å². The van der Waals surface area contributed by atoms with Gasteiger partial charge in [-0.1, -0.05) is 13.8 Å². The summed E-state index contributed by atoms with van der Waals surface area (Å²) in [5.41, 5.74) is 0. The minimum atomic E-state index is 0.891. The molecule has 2 nitrogen and oxygen atoms in total. The molecule has 0 radical (unpaired) electrons. The maximum atomic E-state index is 3.58. The van der Waals surface area contributed by atoms with E-state index in [9.17, 15) is 0 Å². The third kappa shape index (κ3) is 3.76. The summed E-state index contributed by atoms with van der Waals surface area (Å²) in [4.78, 5) is 2.63. The van der Waals surface area contributed by atoms with Crippen molar-refractivity contribution < 1.29 is 0 Å². The first-order valence-corrected chi connectivity index (χ1v) is 6.69. The van der Waals surface area contributed by atoms with Gasteiger partial charge in [0.25, 0.3) is 0 Å². The molecular weight excluding hydrogens is 184 g/mol. The smallest absolute Gasteiger partial charge is 0.0107 e. The van der Waals surface area contributed by atoms with Crippen LogP contribution >= 0.6 is 0 Å².